The van der Waals surface area contributed by atoms with Gasteiger partial charge in [-0.05, 0) is 25.1 Å². The third-order valence-electron chi connectivity index (χ3n) is 1.94. The van der Waals surface area contributed by atoms with Crippen molar-refractivity contribution in [2.45, 2.75) is 11.8 Å². The Bertz CT molecular complexity index is 469. The fourth-order valence-electron chi connectivity index (χ4n) is 1.08. The van der Waals surface area contributed by atoms with Crippen molar-refractivity contribution in [2.75, 3.05) is 5.75 Å². The first-order chi connectivity index (χ1) is 6.95. The average molecular weight is 224 g/mol. The molecule has 0 aliphatic carbocycles. The molecule has 0 aliphatic rings. The van der Waals surface area contributed by atoms with Crippen LogP contribution in [-0.2, 0) is 14.6 Å². The highest BCUT2D eigenvalue weighted by molar-refractivity contribution is 7.92. The lowest BCUT2D eigenvalue weighted by Gasteiger charge is -2.02. The van der Waals surface area contributed by atoms with Gasteiger partial charge in [0.1, 0.15) is 5.75 Å². The van der Waals surface area contributed by atoms with Gasteiger partial charge in [0, 0.05) is 0 Å². The molecule has 0 unspecified atom stereocenters. The van der Waals surface area contributed by atoms with E-state index in [9.17, 15) is 13.2 Å². The van der Waals surface area contributed by atoms with E-state index in [1.54, 1.807) is 12.1 Å². The molecule has 1 rings (SSSR count). The molecule has 0 N–H and O–H groups in total. The molecule has 0 radical (unpaired) electrons. The Hall–Kier alpha value is -1.42. The Morgan fingerprint density at radius 2 is 1.87 bits per heavy atom. The van der Waals surface area contributed by atoms with Crippen LogP contribution in [0.5, 0.6) is 0 Å². The molecule has 0 heterocycles. The van der Waals surface area contributed by atoms with Crippen LogP contribution >= 0.6 is 0 Å². The second kappa shape index (κ2) is 4.40. The summed E-state index contributed by atoms with van der Waals surface area (Å²) < 4.78 is 23.3. The Balaban J connectivity index is 3.01. The lowest BCUT2D eigenvalue weighted by molar-refractivity contribution is -0.112. The van der Waals surface area contributed by atoms with Gasteiger partial charge in [0.2, 0.25) is 0 Å². The number of hydrogen-bond acceptors (Lipinski definition) is 3. The SMILES string of the molecule is C=CC(=O)CS(=O)(=O)c1ccc(C)cc1. The van der Waals surface area contributed by atoms with Crippen molar-refractivity contribution >= 4 is 15.6 Å². The van der Waals surface area contributed by atoms with Gasteiger partial charge in [0.15, 0.2) is 15.6 Å². The van der Waals surface area contributed by atoms with Crippen molar-refractivity contribution in [3.8, 4) is 0 Å². The van der Waals surface area contributed by atoms with E-state index in [0.29, 0.717) is 0 Å². The largest absolute Gasteiger partial charge is 0.294 e. The first-order valence-electron chi connectivity index (χ1n) is 4.40. The van der Waals surface area contributed by atoms with Crippen LogP contribution in [0.15, 0.2) is 41.8 Å². The van der Waals surface area contributed by atoms with Crippen molar-refractivity contribution in [1.82, 2.24) is 0 Å². The van der Waals surface area contributed by atoms with E-state index in [1.165, 1.54) is 12.1 Å². The van der Waals surface area contributed by atoms with Crippen molar-refractivity contribution < 1.29 is 13.2 Å². The predicted molar refractivity (Wildman–Crippen MR) is 58.4 cm³/mol. The minimum Gasteiger partial charge on any atom is -0.294 e. The number of rotatable bonds is 4. The Morgan fingerprint density at radius 3 is 2.33 bits per heavy atom. The van der Waals surface area contributed by atoms with E-state index in [2.05, 4.69) is 6.58 Å². The average Bonchev–Trinajstić information content (AvgIpc) is 2.17. The van der Waals surface area contributed by atoms with Crippen molar-refractivity contribution in [2.24, 2.45) is 0 Å². The number of sulfone groups is 1. The highest BCUT2D eigenvalue weighted by atomic mass is 32.2. The lowest BCUT2D eigenvalue weighted by Crippen LogP contribution is -2.13. The zero-order valence-electron chi connectivity index (χ0n) is 8.43. The van der Waals surface area contributed by atoms with Crippen LogP contribution in [-0.4, -0.2) is 20.0 Å². The number of hydrogen-bond donors (Lipinski definition) is 0. The molecule has 0 aromatic heterocycles. The Morgan fingerprint density at radius 1 is 1.33 bits per heavy atom. The number of allylic oxidation sites excluding steroid dienone is 1. The standard InChI is InChI=1S/C11H12O3S/c1-3-10(12)8-15(13,14)11-6-4-9(2)5-7-11/h3-7H,1,8H2,2H3. The maximum absolute atomic E-state index is 11.6. The minimum atomic E-state index is -3.51. The molecule has 0 aliphatic heterocycles. The summed E-state index contributed by atoms with van der Waals surface area (Å²) in [6.45, 7) is 5.10. The maximum Gasteiger partial charge on any atom is 0.185 e. The zero-order valence-corrected chi connectivity index (χ0v) is 9.25. The smallest absolute Gasteiger partial charge is 0.185 e. The van der Waals surface area contributed by atoms with Gasteiger partial charge in [-0.1, -0.05) is 24.3 Å². The summed E-state index contributed by atoms with van der Waals surface area (Å²) in [5.41, 5.74) is 0.976. The number of aryl methyl sites for hydroxylation is 1. The highest BCUT2D eigenvalue weighted by Gasteiger charge is 2.16. The second-order valence-corrected chi connectivity index (χ2v) is 5.23. The topological polar surface area (TPSA) is 51.2 Å². The molecule has 1 aromatic rings. The number of benzene rings is 1. The van der Waals surface area contributed by atoms with E-state index in [0.717, 1.165) is 11.6 Å². The summed E-state index contributed by atoms with van der Waals surface area (Å²) >= 11 is 0. The fraction of sp³-hybridized carbons (Fsp3) is 0.182. The van der Waals surface area contributed by atoms with E-state index < -0.39 is 21.4 Å². The van der Waals surface area contributed by atoms with Gasteiger partial charge in [-0.15, -0.1) is 0 Å². The molecule has 0 saturated carbocycles. The molecule has 0 atom stereocenters. The molecule has 80 valence electrons. The summed E-state index contributed by atoms with van der Waals surface area (Å²) in [6.07, 6.45) is 1.02. The molecular formula is C11H12O3S. The van der Waals surface area contributed by atoms with Gasteiger partial charge < -0.3 is 0 Å². The van der Waals surface area contributed by atoms with Crippen LogP contribution in [0.3, 0.4) is 0 Å². The molecule has 1 aromatic carbocycles. The summed E-state index contributed by atoms with van der Waals surface area (Å²) in [7, 11) is -3.51. The molecule has 0 bridgehead atoms. The van der Waals surface area contributed by atoms with Crippen LogP contribution in [0.1, 0.15) is 5.56 Å². The Kier molecular flexibility index (Phi) is 3.42. The predicted octanol–water partition coefficient (Wildman–Crippen LogP) is 1.52. The molecule has 4 heteroatoms. The number of carbonyl (C=O) groups is 1. The summed E-state index contributed by atoms with van der Waals surface area (Å²) in [5, 5.41) is 0. The second-order valence-electron chi connectivity index (χ2n) is 3.24. The van der Waals surface area contributed by atoms with Gasteiger partial charge in [-0.3, -0.25) is 4.79 Å². The van der Waals surface area contributed by atoms with Crippen molar-refractivity contribution in [3.63, 3.8) is 0 Å². The first-order valence-corrected chi connectivity index (χ1v) is 6.05. The molecule has 0 spiro atoms. The van der Waals surface area contributed by atoms with Crippen LogP contribution in [0.25, 0.3) is 0 Å². The number of carbonyl (C=O) groups excluding carboxylic acids is 1. The van der Waals surface area contributed by atoms with E-state index >= 15 is 0 Å². The lowest BCUT2D eigenvalue weighted by atomic mass is 10.2. The molecule has 15 heavy (non-hydrogen) atoms. The van der Waals surface area contributed by atoms with Crippen LogP contribution in [0, 0.1) is 6.92 Å². The number of ketones is 1. The van der Waals surface area contributed by atoms with Gasteiger partial charge in [-0.25, -0.2) is 8.42 Å². The summed E-state index contributed by atoms with van der Waals surface area (Å²) in [6, 6.07) is 6.40. The van der Waals surface area contributed by atoms with E-state index in [4.69, 9.17) is 0 Å². The quantitative estimate of drug-likeness (QED) is 0.729. The first kappa shape index (κ1) is 11.7. The van der Waals surface area contributed by atoms with Crippen molar-refractivity contribution in [1.29, 1.82) is 0 Å². The summed E-state index contributed by atoms with van der Waals surface area (Å²) in [5.74, 6) is -1.00. The summed E-state index contributed by atoms with van der Waals surface area (Å²) in [4.78, 5) is 11.1. The van der Waals surface area contributed by atoms with Gasteiger partial charge in [0.05, 0.1) is 4.90 Å². The normalized spacial score (nSPS) is 11.0. The highest BCUT2D eigenvalue weighted by Crippen LogP contribution is 2.12. The van der Waals surface area contributed by atoms with E-state index in [1.807, 2.05) is 6.92 Å². The van der Waals surface area contributed by atoms with Crippen LogP contribution in [0.4, 0.5) is 0 Å². The molecule has 3 nitrogen and oxygen atoms in total. The van der Waals surface area contributed by atoms with Crippen LogP contribution < -0.4 is 0 Å². The van der Waals surface area contributed by atoms with Gasteiger partial charge >= 0.3 is 0 Å². The van der Waals surface area contributed by atoms with Crippen LogP contribution in [0.2, 0.25) is 0 Å². The van der Waals surface area contributed by atoms with Gasteiger partial charge in [-0.2, -0.15) is 0 Å². The third-order valence-corrected chi connectivity index (χ3v) is 3.60. The fourth-order valence-corrected chi connectivity index (χ4v) is 2.28. The maximum atomic E-state index is 11.6. The Labute approximate surface area is 89.4 Å². The monoisotopic (exact) mass is 224 g/mol. The minimum absolute atomic E-state index is 0.170. The molecular weight excluding hydrogens is 212 g/mol. The zero-order chi connectivity index (χ0) is 11.5. The van der Waals surface area contributed by atoms with Crippen molar-refractivity contribution in [3.05, 3.63) is 42.5 Å². The van der Waals surface area contributed by atoms with E-state index in [-0.39, 0.29) is 4.90 Å². The molecule has 0 amide bonds. The van der Waals surface area contributed by atoms with Gasteiger partial charge in [0.25, 0.3) is 0 Å². The molecule has 0 fully saturated rings. The molecule has 0 saturated heterocycles. The third kappa shape index (κ3) is 3.02.